The molecule has 0 bridgehead atoms. The molecule has 0 saturated carbocycles. The number of nitrogens with two attached hydrogens (primary N) is 1. The first-order valence-electron chi connectivity index (χ1n) is 6.11. The van der Waals surface area contributed by atoms with Crippen molar-refractivity contribution in [2.24, 2.45) is 11.7 Å². The second-order valence-electron chi connectivity index (χ2n) is 4.36. The highest BCUT2D eigenvalue weighted by Crippen LogP contribution is 2.05. The molecule has 0 fully saturated rings. The fraction of sp³-hybridized carbons (Fsp3) is 1.00. The number of hydrogen-bond acceptors (Lipinski definition) is 2. The Morgan fingerprint density at radius 2 is 1.79 bits per heavy atom. The molecule has 0 heterocycles. The molecule has 2 N–H and O–H groups in total. The van der Waals surface area contributed by atoms with Crippen molar-refractivity contribution in [3.8, 4) is 0 Å². The fourth-order valence-corrected chi connectivity index (χ4v) is 1.50. The third-order valence-electron chi connectivity index (χ3n) is 3.05. The third-order valence-corrected chi connectivity index (χ3v) is 3.05. The van der Waals surface area contributed by atoms with Crippen LogP contribution in [0, 0.1) is 5.92 Å². The van der Waals surface area contributed by atoms with Gasteiger partial charge in [-0.1, -0.05) is 34.1 Å². The van der Waals surface area contributed by atoms with Crippen LogP contribution in [0.2, 0.25) is 0 Å². The van der Waals surface area contributed by atoms with Gasteiger partial charge in [0, 0.05) is 12.6 Å². The minimum absolute atomic E-state index is 0.390. The maximum atomic E-state index is 5.91. The average Bonchev–Trinajstić information content (AvgIpc) is 2.22. The summed E-state index contributed by atoms with van der Waals surface area (Å²) in [5.41, 5.74) is 5.91. The van der Waals surface area contributed by atoms with Gasteiger partial charge in [0.25, 0.3) is 0 Å². The normalized spacial score (nSPS) is 15.9. The van der Waals surface area contributed by atoms with E-state index < -0.39 is 0 Å². The second-order valence-corrected chi connectivity index (χ2v) is 4.36. The van der Waals surface area contributed by atoms with Crippen molar-refractivity contribution in [2.45, 2.75) is 53.0 Å². The summed E-state index contributed by atoms with van der Waals surface area (Å²) in [6.07, 6.45) is 3.51. The molecule has 0 spiro atoms. The van der Waals surface area contributed by atoms with E-state index >= 15 is 0 Å². The molecule has 0 saturated heterocycles. The highest BCUT2D eigenvalue weighted by atomic mass is 15.1. The molecule has 0 amide bonds. The molecule has 86 valence electrons. The van der Waals surface area contributed by atoms with E-state index in [1.165, 1.54) is 13.0 Å². The number of rotatable bonds is 8. The lowest BCUT2D eigenvalue weighted by Crippen LogP contribution is -2.33. The van der Waals surface area contributed by atoms with E-state index in [0.29, 0.717) is 6.04 Å². The molecule has 0 aromatic heterocycles. The van der Waals surface area contributed by atoms with Gasteiger partial charge in [-0.05, 0) is 31.8 Å². The second kappa shape index (κ2) is 8.25. The van der Waals surface area contributed by atoms with E-state index in [1.807, 2.05) is 0 Å². The molecule has 0 rings (SSSR count). The molecule has 0 aromatic rings. The minimum atomic E-state index is 0.390. The van der Waals surface area contributed by atoms with Crippen LogP contribution in [0.1, 0.15) is 47.0 Å². The molecule has 2 atom stereocenters. The summed E-state index contributed by atoms with van der Waals surface area (Å²) in [6, 6.07) is 0.390. The van der Waals surface area contributed by atoms with Gasteiger partial charge in [0.05, 0.1) is 0 Å². The number of hydrogen-bond donors (Lipinski definition) is 1. The Hall–Kier alpha value is -0.0800. The van der Waals surface area contributed by atoms with Crippen molar-refractivity contribution in [1.82, 2.24) is 4.90 Å². The highest BCUT2D eigenvalue weighted by molar-refractivity contribution is 4.65. The van der Waals surface area contributed by atoms with Gasteiger partial charge in [0.2, 0.25) is 0 Å². The predicted molar refractivity (Wildman–Crippen MR) is 64.5 cm³/mol. The van der Waals surface area contributed by atoms with Gasteiger partial charge in [-0.3, -0.25) is 0 Å². The Morgan fingerprint density at radius 3 is 2.21 bits per heavy atom. The molecule has 2 unspecified atom stereocenters. The maximum Gasteiger partial charge on any atom is 0.00483 e. The van der Waals surface area contributed by atoms with Gasteiger partial charge in [-0.15, -0.1) is 0 Å². The van der Waals surface area contributed by atoms with Crippen LogP contribution in [0.4, 0.5) is 0 Å². The highest BCUT2D eigenvalue weighted by Gasteiger charge is 2.08. The van der Waals surface area contributed by atoms with Crippen LogP contribution in [-0.2, 0) is 0 Å². The Bertz CT molecular complexity index is 125. The summed E-state index contributed by atoms with van der Waals surface area (Å²) in [5, 5.41) is 0. The summed E-state index contributed by atoms with van der Waals surface area (Å²) in [7, 11) is 0. The fourth-order valence-electron chi connectivity index (χ4n) is 1.50. The Kier molecular flexibility index (Phi) is 8.20. The van der Waals surface area contributed by atoms with Gasteiger partial charge in [-0.2, -0.15) is 0 Å². The molecule has 2 heteroatoms. The SMILES string of the molecule is CCC(C)CN(CC)CCC(N)CC. The van der Waals surface area contributed by atoms with Crippen molar-refractivity contribution < 1.29 is 0 Å². The zero-order valence-corrected chi connectivity index (χ0v) is 10.4. The standard InChI is InChI=1S/C12H28N2/c1-5-11(4)10-14(7-3)9-8-12(13)6-2/h11-12H,5-10,13H2,1-4H3. The van der Waals surface area contributed by atoms with Gasteiger partial charge in [0.15, 0.2) is 0 Å². The Morgan fingerprint density at radius 1 is 1.14 bits per heavy atom. The summed E-state index contributed by atoms with van der Waals surface area (Å²) < 4.78 is 0. The molecule has 0 radical (unpaired) electrons. The quantitative estimate of drug-likeness (QED) is 0.652. The van der Waals surface area contributed by atoms with Crippen LogP contribution >= 0.6 is 0 Å². The molecule has 0 aliphatic carbocycles. The third kappa shape index (κ3) is 6.39. The van der Waals surface area contributed by atoms with Crippen LogP contribution < -0.4 is 5.73 Å². The van der Waals surface area contributed by atoms with E-state index in [2.05, 4.69) is 32.6 Å². The summed E-state index contributed by atoms with van der Waals surface area (Å²) in [5.74, 6) is 0.813. The maximum absolute atomic E-state index is 5.91. The van der Waals surface area contributed by atoms with E-state index in [1.54, 1.807) is 0 Å². The molecular weight excluding hydrogens is 172 g/mol. The molecule has 0 aliphatic heterocycles. The topological polar surface area (TPSA) is 29.3 Å². The monoisotopic (exact) mass is 200 g/mol. The van der Waals surface area contributed by atoms with Crippen molar-refractivity contribution in [2.75, 3.05) is 19.6 Å². The van der Waals surface area contributed by atoms with Gasteiger partial charge < -0.3 is 10.6 Å². The van der Waals surface area contributed by atoms with Crippen LogP contribution in [0.5, 0.6) is 0 Å². The Balaban J connectivity index is 3.68. The van der Waals surface area contributed by atoms with E-state index in [9.17, 15) is 0 Å². The van der Waals surface area contributed by atoms with Crippen LogP contribution in [-0.4, -0.2) is 30.6 Å². The van der Waals surface area contributed by atoms with Crippen molar-refractivity contribution in [3.05, 3.63) is 0 Å². The lowest BCUT2D eigenvalue weighted by atomic mass is 10.1. The lowest BCUT2D eigenvalue weighted by molar-refractivity contribution is 0.236. The van der Waals surface area contributed by atoms with Crippen molar-refractivity contribution in [3.63, 3.8) is 0 Å². The van der Waals surface area contributed by atoms with Gasteiger partial charge >= 0.3 is 0 Å². The molecule has 0 aliphatic rings. The summed E-state index contributed by atoms with van der Waals surface area (Å²) in [4.78, 5) is 2.52. The number of nitrogens with zero attached hydrogens (tertiary/aromatic N) is 1. The van der Waals surface area contributed by atoms with Crippen LogP contribution in [0.15, 0.2) is 0 Å². The summed E-state index contributed by atoms with van der Waals surface area (Å²) in [6.45, 7) is 12.5. The smallest absolute Gasteiger partial charge is 0.00483 e. The molecule has 0 aromatic carbocycles. The predicted octanol–water partition coefficient (Wildman–Crippen LogP) is 2.48. The molecular formula is C12H28N2. The van der Waals surface area contributed by atoms with Gasteiger partial charge in [-0.25, -0.2) is 0 Å². The van der Waals surface area contributed by atoms with E-state index in [0.717, 1.165) is 31.8 Å². The average molecular weight is 200 g/mol. The Labute approximate surface area is 89.9 Å². The van der Waals surface area contributed by atoms with Crippen LogP contribution in [0.3, 0.4) is 0 Å². The first-order valence-corrected chi connectivity index (χ1v) is 6.11. The largest absolute Gasteiger partial charge is 0.328 e. The van der Waals surface area contributed by atoms with E-state index in [-0.39, 0.29) is 0 Å². The van der Waals surface area contributed by atoms with E-state index in [4.69, 9.17) is 5.73 Å². The lowest BCUT2D eigenvalue weighted by Gasteiger charge is -2.24. The first kappa shape index (κ1) is 13.9. The molecule has 14 heavy (non-hydrogen) atoms. The minimum Gasteiger partial charge on any atom is -0.328 e. The summed E-state index contributed by atoms with van der Waals surface area (Å²) >= 11 is 0. The van der Waals surface area contributed by atoms with Crippen molar-refractivity contribution >= 4 is 0 Å². The first-order chi connectivity index (χ1) is 6.63. The van der Waals surface area contributed by atoms with Gasteiger partial charge in [0.1, 0.15) is 0 Å². The van der Waals surface area contributed by atoms with Crippen molar-refractivity contribution in [1.29, 1.82) is 0 Å². The molecule has 2 nitrogen and oxygen atoms in total. The zero-order chi connectivity index (χ0) is 11.0. The van der Waals surface area contributed by atoms with Crippen LogP contribution in [0.25, 0.3) is 0 Å². The zero-order valence-electron chi connectivity index (χ0n) is 10.4.